The molecule has 0 unspecified atom stereocenters. The van der Waals surface area contributed by atoms with Crippen molar-refractivity contribution in [1.29, 1.82) is 0 Å². The maximum atomic E-state index is 12.9. The molecule has 5 nitrogen and oxygen atoms in total. The van der Waals surface area contributed by atoms with E-state index in [0.717, 1.165) is 12.8 Å². The van der Waals surface area contributed by atoms with Crippen LogP contribution in [-0.2, 0) is 14.8 Å². The van der Waals surface area contributed by atoms with E-state index in [1.165, 1.54) is 23.5 Å². The standard InChI is InChI=1S/C15H21FN2O3S/c1-17-14(11-16)15(21-2)12-5-7-13(8-6-12)22(19,20)18-9-3-4-10-18/h5-8,14-15H,1,3-4,9-11H2,2H3/t14-,15-/m1/s1. The molecule has 0 bridgehead atoms. The number of methoxy groups -OCH3 is 1. The summed E-state index contributed by atoms with van der Waals surface area (Å²) < 4.78 is 44.6. The summed E-state index contributed by atoms with van der Waals surface area (Å²) in [5, 5.41) is 0. The van der Waals surface area contributed by atoms with Crippen molar-refractivity contribution in [2.75, 3.05) is 26.9 Å². The molecule has 0 aromatic heterocycles. The number of rotatable bonds is 7. The fourth-order valence-electron chi connectivity index (χ4n) is 2.65. The van der Waals surface area contributed by atoms with Crippen LogP contribution in [0.5, 0.6) is 0 Å². The second-order valence-corrected chi connectivity index (χ2v) is 7.18. The largest absolute Gasteiger partial charge is 0.374 e. The predicted octanol–water partition coefficient (Wildman–Crippen LogP) is 2.20. The van der Waals surface area contributed by atoms with Gasteiger partial charge < -0.3 is 4.74 Å². The van der Waals surface area contributed by atoms with Gasteiger partial charge in [-0.1, -0.05) is 12.1 Å². The van der Waals surface area contributed by atoms with Gasteiger partial charge in [0.2, 0.25) is 10.0 Å². The molecule has 0 saturated carbocycles. The van der Waals surface area contributed by atoms with E-state index in [4.69, 9.17) is 4.74 Å². The molecule has 0 N–H and O–H groups in total. The Morgan fingerprint density at radius 1 is 1.32 bits per heavy atom. The van der Waals surface area contributed by atoms with E-state index < -0.39 is 28.8 Å². The molecule has 2 atom stereocenters. The molecule has 1 aromatic carbocycles. The number of benzene rings is 1. The van der Waals surface area contributed by atoms with Gasteiger partial charge in [-0.2, -0.15) is 4.31 Å². The SMILES string of the molecule is C=N[C@H](CF)[C@H](OC)c1ccc(S(=O)(=O)N2CCCC2)cc1. The maximum absolute atomic E-state index is 12.9. The Labute approximate surface area is 130 Å². The quantitative estimate of drug-likeness (QED) is 0.721. The van der Waals surface area contributed by atoms with Crippen LogP contribution >= 0.6 is 0 Å². The molecule has 1 aromatic rings. The van der Waals surface area contributed by atoms with Crippen LogP contribution in [0.25, 0.3) is 0 Å². The molecule has 1 aliphatic rings. The van der Waals surface area contributed by atoms with Crippen molar-refractivity contribution in [3.8, 4) is 0 Å². The lowest BCUT2D eigenvalue weighted by Crippen LogP contribution is -2.28. The van der Waals surface area contributed by atoms with Gasteiger partial charge in [-0.3, -0.25) is 4.99 Å². The van der Waals surface area contributed by atoms with Crippen LogP contribution in [-0.4, -0.2) is 52.4 Å². The molecule has 0 aliphatic carbocycles. The zero-order valence-electron chi connectivity index (χ0n) is 12.6. The van der Waals surface area contributed by atoms with Gasteiger partial charge in [-0.15, -0.1) is 0 Å². The maximum Gasteiger partial charge on any atom is 0.243 e. The van der Waals surface area contributed by atoms with E-state index in [9.17, 15) is 12.8 Å². The number of hydrogen-bond acceptors (Lipinski definition) is 4. The number of hydrogen-bond donors (Lipinski definition) is 0. The number of alkyl halides is 1. The second-order valence-electron chi connectivity index (χ2n) is 5.24. The van der Waals surface area contributed by atoms with Crippen molar-refractivity contribution < 1.29 is 17.5 Å². The van der Waals surface area contributed by atoms with E-state index in [0.29, 0.717) is 18.7 Å². The van der Waals surface area contributed by atoms with Crippen molar-refractivity contribution in [1.82, 2.24) is 4.31 Å². The zero-order valence-corrected chi connectivity index (χ0v) is 13.4. The Bertz CT molecular complexity index is 598. The minimum absolute atomic E-state index is 0.247. The first kappa shape index (κ1) is 17.1. The molecule has 1 saturated heterocycles. The number of ether oxygens (including phenoxy) is 1. The van der Waals surface area contributed by atoms with Crippen LogP contribution < -0.4 is 0 Å². The highest BCUT2D eigenvalue weighted by Gasteiger charge is 2.28. The van der Waals surface area contributed by atoms with Crippen molar-refractivity contribution in [3.05, 3.63) is 29.8 Å². The number of halogens is 1. The number of aliphatic imine (C=N–C) groups is 1. The van der Waals surface area contributed by atoms with Gasteiger partial charge in [0.05, 0.1) is 4.90 Å². The average molecular weight is 328 g/mol. The molecular formula is C15H21FN2O3S. The molecule has 1 heterocycles. The highest BCUT2D eigenvalue weighted by atomic mass is 32.2. The summed E-state index contributed by atoms with van der Waals surface area (Å²) in [6.07, 6.45) is 1.21. The molecular weight excluding hydrogens is 307 g/mol. The van der Waals surface area contributed by atoms with Crippen LogP contribution in [0.2, 0.25) is 0 Å². The molecule has 1 fully saturated rings. The Hall–Kier alpha value is -1.31. The van der Waals surface area contributed by atoms with Crippen molar-refractivity contribution in [3.63, 3.8) is 0 Å². The topological polar surface area (TPSA) is 59.0 Å². The van der Waals surface area contributed by atoms with Crippen LogP contribution in [0.4, 0.5) is 4.39 Å². The fraction of sp³-hybridized carbons (Fsp3) is 0.533. The van der Waals surface area contributed by atoms with Crippen molar-refractivity contribution in [2.45, 2.75) is 29.9 Å². The molecule has 0 spiro atoms. The summed E-state index contributed by atoms with van der Waals surface area (Å²) in [5.41, 5.74) is 0.679. The first-order valence-electron chi connectivity index (χ1n) is 7.19. The van der Waals surface area contributed by atoms with Crippen LogP contribution in [0.15, 0.2) is 34.2 Å². The summed E-state index contributed by atoms with van der Waals surface area (Å²) in [5.74, 6) is 0. The minimum atomic E-state index is -3.44. The van der Waals surface area contributed by atoms with Crippen LogP contribution in [0, 0.1) is 0 Å². The molecule has 0 radical (unpaired) electrons. The monoisotopic (exact) mass is 328 g/mol. The highest BCUT2D eigenvalue weighted by molar-refractivity contribution is 7.89. The van der Waals surface area contributed by atoms with E-state index in [1.54, 1.807) is 12.1 Å². The third-order valence-electron chi connectivity index (χ3n) is 3.91. The predicted molar refractivity (Wildman–Crippen MR) is 83.5 cm³/mol. The molecule has 1 aliphatic heterocycles. The molecule has 7 heteroatoms. The summed E-state index contributed by atoms with van der Waals surface area (Å²) in [6, 6.07) is 5.66. The van der Waals surface area contributed by atoms with Gasteiger partial charge in [-0.25, -0.2) is 12.8 Å². The average Bonchev–Trinajstić information content (AvgIpc) is 3.08. The molecule has 2 rings (SSSR count). The van der Waals surface area contributed by atoms with Gasteiger partial charge in [0, 0.05) is 20.2 Å². The minimum Gasteiger partial charge on any atom is -0.374 e. The molecule has 122 valence electrons. The Morgan fingerprint density at radius 2 is 1.91 bits per heavy atom. The molecule has 0 amide bonds. The lowest BCUT2D eigenvalue weighted by atomic mass is 10.0. The van der Waals surface area contributed by atoms with Gasteiger partial charge in [-0.05, 0) is 37.3 Å². The summed E-state index contributed by atoms with van der Waals surface area (Å²) in [4.78, 5) is 3.96. The van der Waals surface area contributed by atoms with Crippen molar-refractivity contribution >= 4 is 16.7 Å². The summed E-state index contributed by atoms with van der Waals surface area (Å²) >= 11 is 0. The van der Waals surface area contributed by atoms with Crippen LogP contribution in [0.3, 0.4) is 0 Å². The third kappa shape index (κ3) is 3.37. The van der Waals surface area contributed by atoms with Gasteiger partial charge in [0.15, 0.2) is 0 Å². The normalized spacial score (nSPS) is 19.0. The lowest BCUT2D eigenvalue weighted by molar-refractivity contribution is 0.0731. The van der Waals surface area contributed by atoms with Crippen molar-refractivity contribution in [2.24, 2.45) is 4.99 Å². The smallest absolute Gasteiger partial charge is 0.243 e. The summed E-state index contributed by atoms with van der Waals surface area (Å²) in [6.45, 7) is 3.81. The zero-order chi connectivity index (χ0) is 16.2. The van der Waals surface area contributed by atoms with E-state index in [-0.39, 0.29) is 4.90 Å². The number of nitrogens with zero attached hydrogens (tertiary/aromatic N) is 2. The molecule has 22 heavy (non-hydrogen) atoms. The second kappa shape index (κ2) is 7.30. The van der Waals surface area contributed by atoms with Gasteiger partial charge in [0.1, 0.15) is 18.8 Å². The van der Waals surface area contributed by atoms with E-state index in [2.05, 4.69) is 11.7 Å². The van der Waals surface area contributed by atoms with Gasteiger partial charge >= 0.3 is 0 Å². The Balaban J connectivity index is 2.24. The van der Waals surface area contributed by atoms with E-state index in [1.807, 2.05) is 0 Å². The van der Waals surface area contributed by atoms with E-state index >= 15 is 0 Å². The first-order valence-corrected chi connectivity index (χ1v) is 8.63. The third-order valence-corrected chi connectivity index (χ3v) is 5.82. The fourth-order valence-corrected chi connectivity index (χ4v) is 4.16. The summed E-state index contributed by atoms with van der Waals surface area (Å²) in [7, 11) is -1.97. The lowest BCUT2D eigenvalue weighted by Gasteiger charge is -2.21. The Morgan fingerprint density at radius 3 is 2.36 bits per heavy atom. The number of sulfonamides is 1. The van der Waals surface area contributed by atoms with Crippen LogP contribution in [0.1, 0.15) is 24.5 Å². The van der Waals surface area contributed by atoms with Gasteiger partial charge in [0.25, 0.3) is 0 Å². The Kier molecular flexibility index (Phi) is 5.66. The highest BCUT2D eigenvalue weighted by Crippen LogP contribution is 2.26. The first-order chi connectivity index (χ1) is 10.5.